The first-order valence-corrected chi connectivity index (χ1v) is 18.1. The van der Waals surface area contributed by atoms with Gasteiger partial charge in [0.05, 0.1) is 12.7 Å². The molecule has 10 unspecified atom stereocenters. The fourth-order valence-electron chi connectivity index (χ4n) is 12.2. The van der Waals surface area contributed by atoms with Crippen LogP contribution in [0.1, 0.15) is 135 Å². The zero-order valence-electron chi connectivity index (χ0n) is 28.1. The van der Waals surface area contributed by atoms with E-state index in [1.54, 1.807) is 0 Å². The number of esters is 1. The molecule has 6 rings (SSSR count). The predicted molar refractivity (Wildman–Crippen MR) is 173 cm³/mol. The van der Waals surface area contributed by atoms with Crippen molar-refractivity contribution in [2.75, 3.05) is 13.2 Å². The lowest BCUT2D eigenvalue weighted by molar-refractivity contribution is -0.203. The van der Waals surface area contributed by atoms with Gasteiger partial charge in [-0.1, -0.05) is 66.0 Å². The third-order valence-electron chi connectivity index (χ3n) is 14.4. The fraction of sp³-hybridized carbons (Fsp3) is 0.821. The van der Waals surface area contributed by atoms with Crippen molar-refractivity contribution < 1.29 is 19.4 Å². The molecule has 240 valence electrons. The summed E-state index contributed by atoms with van der Waals surface area (Å²) in [5, 5.41) is 10.7. The molecule has 0 aromatic heterocycles. The molecule has 4 heteroatoms. The molecule has 0 aliphatic heterocycles. The average Bonchev–Trinajstić information content (AvgIpc) is 3.20. The van der Waals surface area contributed by atoms with E-state index in [0.29, 0.717) is 41.1 Å². The number of aryl methyl sites for hydroxylation is 1. The van der Waals surface area contributed by atoms with E-state index in [2.05, 4.69) is 53.7 Å². The molecule has 0 saturated heterocycles. The molecule has 10 atom stereocenters. The van der Waals surface area contributed by atoms with E-state index >= 15 is 0 Å². The zero-order chi connectivity index (χ0) is 30.6. The Morgan fingerprint density at radius 3 is 2.44 bits per heavy atom. The third kappa shape index (κ3) is 5.48. The second-order valence-corrected chi connectivity index (χ2v) is 16.8. The maximum Gasteiger partial charge on any atom is 0.344 e. The maximum atomic E-state index is 13.2. The lowest BCUT2D eigenvalue weighted by atomic mass is 9.37. The van der Waals surface area contributed by atoms with Gasteiger partial charge in [-0.05, 0) is 141 Å². The quantitative estimate of drug-likeness (QED) is 0.335. The van der Waals surface area contributed by atoms with Gasteiger partial charge in [0, 0.05) is 5.41 Å². The molecule has 0 spiro atoms. The van der Waals surface area contributed by atoms with Crippen LogP contribution < -0.4 is 4.74 Å². The number of hydrogen-bond donors (Lipinski definition) is 1. The molecule has 0 amide bonds. The Kier molecular flexibility index (Phi) is 8.77. The van der Waals surface area contributed by atoms with Gasteiger partial charge in [-0.2, -0.15) is 0 Å². The summed E-state index contributed by atoms with van der Waals surface area (Å²) < 4.78 is 12.3. The Morgan fingerprint density at radius 2 is 1.65 bits per heavy atom. The molecule has 1 aromatic rings. The Balaban J connectivity index is 1.16. The summed E-state index contributed by atoms with van der Waals surface area (Å²) in [6, 6.07) is 6.28. The van der Waals surface area contributed by atoms with Gasteiger partial charge in [-0.25, -0.2) is 4.79 Å². The van der Waals surface area contributed by atoms with Crippen molar-refractivity contribution >= 4 is 5.97 Å². The Hall–Kier alpha value is -1.55. The van der Waals surface area contributed by atoms with E-state index in [1.807, 2.05) is 6.07 Å². The number of aliphatic hydroxyl groups is 1. The van der Waals surface area contributed by atoms with Crippen LogP contribution in [0.2, 0.25) is 0 Å². The molecule has 4 nitrogen and oxygen atoms in total. The second-order valence-electron chi connectivity index (χ2n) is 16.8. The highest BCUT2D eigenvalue weighted by molar-refractivity contribution is 5.71. The number of fused-ring (bicyclic) bond motifs is 7. The van der Waals surface area contributed by atoms with Crippen molar-refractivity contribution in [2.45, 2.75) is 137 Å². The SMILES string of the molecule is Cc1ccc(C(C)C)c(OCC(=O)OCC23CCCCCC2C2CCC4C5(C)CCC(O)C(C)C5CCC4(C)C2CC3)c1. The van der Waals surface area contributed by atoms with Gasteiger partial charge in [0.1, 0.15) is 5.75 Å². The van der Waals surface area contributed by atoms with E-state index in [4.69, 9.17) is 9.47 Å². The molecule has 5 saturated carbocycles. The van der Waals surface area contributed by atoms with Gasteiger partial charge in [-0.15, -0.1) is 0 Å². The van der Waals surface area contributed by atoms with E-state index in [-0.39, 0.29) is 24.1 Å². The Morgan fingerprint density at radius 1 is 0.907 bits per heavy atom. The first kappa shape index (κ1) is 31.4. The lowest BCUT2D eigenvalue weighted by Crippen LogP contribution is -2.61. The minimum atomic E-state index is -0.216. The first-order chi connectivity index (χ1) is 20.5. The van der Waals surface area contributed by atoms with Gasteiger partial charge in [0.2, 0.25) is 0 Å². The van der Waals surface area contributed by atoms with Crippen LogP contribution in [0.5, 0.6) is 5.75 Å². The van der Waals surface area contributed by atoms with Gasteiger partial charge in [0.15, 0.2) is 6.61 Å². The Bertz CT molecular complexity index is 1160. The van der Waals surface area contributed by atoms with Crippen LogP contribution in [0.25, 0.3) is 0 Å². The molecule has 5 aliphatic carbocycles. The van der Waals surface area contributed by atoms with Crippen LogP contribution in [0.4, 0.5) is 0 Å². The molecular formula is C39H60O4. The molecule has 0 bridgehead atoms. The maximum absolute atomic E-state index is 13.2. The summed E-state index contributed by atoms with van der Waals surface area (Å²) in [6.45, 7) is 14.6. The smallest absolute Gasteiger partial charge is 0.344 e. The summed E-state index contributed by atoms with van der Waals surface area (Å²) in [5.74, 6) is 5.04. The van der Waals surface area contributed by atoms with Gasteiger partial charge < -0.3 is 14.6 Å². The normalized spacial score (nSPS) is 42.6. The van der Waals surface area contributed by atoms with E-state index in [1.165, 1.54) is 77.0 Å². The summed E-state index contributed by atoms with van der Waals surface area (Å²) in [7, 11) is 0. The van der Waals surface area contributed by atoms with E-state index < -0.39 is 0 Å². The summed E-state index contributed by atoms with van der Waals surface area (Å²) in [5.41, 5.74) is 3.20. The van der Waals surface area contributed by atoms with Crippen molar-refractivity contribution in [3.05, 3.63) is 29.3 Å². The van der Waals surface area contributed by atoms with Gasteiger partial charge in [-0.3, -0.25) is 0 Å². The van der Waals surface area contributed by atoms with Crippen LogP contribution in [-0.4, -0.2) is 30.4 Å². The van der Waals surface area contributed by atoms with Crippen LogP contribution >= 0.6 is 0 Å². The van der Waals surface area contributed by atoms with Gasteiger partial charge in [0.25, 0.3) is 0 Å². The number of carbonyl (C=O) groups excluding carboxylic acids is 1. The summed E-state index contributed by atoms with van der Waals surface area (Å²) >= 11 is 0. The molecule has 5 fully saturated rings. The predicted octanol–water partition coefficient (Wildman–Crippen LogP) is 9.26. The lowest BCUT2D eigenvalue weighted by Gasteiger charge is -2.68. The number of rotatable bonds is 6. The number of aliphatic hydroxyl groups excluding tert-OH is 1. The molecule has 5 aliphatic rings. The minimum absolute atomic E-state index is 0.0113. The topological polar surface area (TPSA) is 55.8 Å². The highest BCUT2D eigenvalue weighted by Gasteiger charge is 2.64. The monoisotopic (exact) mass is 592 g/mol. The van der Waals surface area contributed by atoms with Crippen molar-refractivity contribution in [3.63, 3.8) is 0 Å². The minimum Gasteiger partial charge on any atom is -0.482 e. The van der Waals surface area contributed by atoms with Crippen molar-refractivity contribution in [1.82, 2.24) is 0 Å². The largest absolute Gasteiger partial charge is 0.482 e. The number of ether oxygens (including phenoxy) is 2. The van der Waals surface area contributed by atoms with Crippen molar-refractivity contribution in [3.8, 4) is 5.75 Å². The van der Waals surface area contributed by atoms with E-state index in [9.17, 15) is 9.90 Å². The third-order valence-corrected chi connectivity index (χ3v) is 14.4. The van der Waals surface area contributed by atoms with Crippen LogP contribution in [0, 0.1) is 58.7 Å². The Labute approximate surface area is 262 Å². The molecular weight excluding hydrogens is 532 g/mol. The molecule has 1 aromatic carbocycles. The van der Waals surface area contributed by atoms with Crippen molar-refractivity contribution in [1.29, 1.82) is 0 Å². The summed E-state index contributed by atoms with van der Waals surface area (Å²) in [6.07, 6.45) is 16.3. The number of benzene rings is 1. The molecule has 0 radical (unpaired) electrons. The standard InChI is InChI=1S/C39H60O4/c1-25(2)28-12-11-26(3)22-34(28)42-23-36(41)43-24-39-18-9-7-8-10-32(39)29-13-14-35-37(5)20-17-33(40)27(4)30(37)15-19-38(35,6)31(29)16-21-39/h11-12,22,25,27,29-33,35,40H,7-10,13-21,23-24H2,1-6H3. The first-order valence-electron chi connectivity index (χ1n) is 18.1. The fourth-order valence-corrected chi connectivity index (χ4v) is 12.2. The molecule has 0 heterocycles. The van der Waals surface area contributed by atoms with Crippen LogP contribution in [0.3, 0.4) is 0 Å². The highest BCUT2D eigenvalue weighted by Crippen LogP contribution is 2.71. The van der Waals surface area contributed by atoms with Crippen molar-refractivity contribution in [2.24, 2.45) is 51.8 Å². The zero-order valence-corrected chi connectivity index (χ0v) is 28.1. The second kappa shape index (κ2) is 12.0. The van der Waals surface area contributed by atoms with Crippen LogP contribution in [-0.2, 0) is 9.53 Å². The average molecular weight is 593 g/mol. The number of hydrogen-bond acceptors (Lipinski definition) is 4. The molecule has 1 N–H and O–H groups in total. The van der Waals surface area contributed by atoms with Gasteiger partial charge >= 0.3 is 5.97 Å². The van der Waals surface area contributed by atoms with E-state index in [0.717, 1.165) is 41.1 Å². The molecule has 43 heavy (non-hydrogen) atoms. The number of carbonyl (C=O) groups is 1. The summed E-state index contributed by atoms with van der Waals surface area (Å²) in [4.78, 5) is 13.2. The van der Waals surface area contributed by atoms with Crippen LogP contribution in [0.15, 0.2) is 18.2 Å². The highest BCUT2D eigenvalue weighted by atomic mass is 16.6.